The number of unbranched alkanes of at least 4 members (excludes halogenated alkanes) is 2. The van der Waals surface area contributed by atoms with Crippen molar-refractivity contribution in [1.29, 1.82) is 0 Å². The summed E-state index contributed by atoms with van der Waals surface area (Å²) in [6.45, 7) is 10.8. The van der Waals surface area contributed by atoms with E-state index in [0.29, 0.717) is 5.82 Å². The number of rotatable bonds is 5. The normalized spacial score (nSPS) is 34.1. The highest BCUT2D eigenvalue weighted by Crippen LogP contribution is 2.54. The Hall–Kier alpha value is -0.0151. The maximum Gasteiger partial charge on any atom is 0.461 e. The minimum atomic E-state index is -0.159. The van der Waals surface area contributed by atoms with Gasteiger partial charge in [-0.15, -0.1) is 0 Å². The molecule has 0 amide bonds. The van der Waals surface area contributed by atoms with E-state index < -0.39 is 0 Å². The van der Waals surface area contributed by atoms with E-state index in [1.54, 1.807) is 0 Å². The van der Waals surface area contributed by atoms with E-state index in [4.69, 9.17) is 9.31 Å². The van der Waals surface area contributed by atoms with Crippen molar-refractivity contribution in [3.05, 3.63) is 0 Å². The van der Waals surface area contributed by atoms with Crippen molar-refractivity contribution < 1.29 is 9.31 Å². The van der Waals surface area contributed by atoms with Gasteiger partial charge in [0, 0.05) is 0 Å². The van der Waals surface area contributed by atoms with Crippen molar-refractivity contribution in [1.82, 2.24) is 0 Å². The second kappa shape index (κ2) is 4.58. The quantitative estimate of drug-likeness (QED) is 0.531. The first-order valence-corrected chi connectivity index (χ1v) is 7.23. The molecule has 0 bridgehead atoms. The predicted octanol–water partition coefficient (Wildman–Crippen LogP) is 4.05. The molecule has 98 valence electrons. The lowest BCUT2D eigenvalue weighted by atomic mass is 9.80. The van der Waals surface area contributed by atoms with E-state index >= 15 is 0 Å². The molecule has 0 radical (unpaired) electrons. The third-order valence-corrected chi connectivity index (χ3v) is 4.78. The van der Waals surface area contributed by atoms with Gasteiger partial charge in [0.05, 0.1) is 11.2 Å². The molecule has 2 fully saturated rings. The van der Waals surface area contributed by atoms with Gasteiger partial charge in [0.2, 0.25) is 0 Å². The van der Waals surface area contributed by atoms with Crippen molar-refractivity contribution in [2.75, 3.05) is 0 Å². The summed E-state index contributed by atoms with van der Waals surface area (Å²) in [6, 6.07) is 0. The lowest BCUT2D eigenvalue weighted by Gasteiger charge is -2.32. The highest BCUT2D eigenvalue weighted by Gasteiger charge is 2.59. The maximum absolute atomic E-state index is 6.10. The van der Waals surface area contributed by atoms with Gasteiger partial charge in [-0.25, -0.2) is 0 Å². The standard InChI is InChI=1S/C14H27BO2/c1-6-7-8-9-11-10-12(11)15-16-13(2,3)14(4,5)17-15/h11-12H,6-10H2,1-5H3/t11-,12-/m1/s1. The van der Waals surface area contributed by atoms with Crippen LogP contribution < -0.4 is 0 Å². The van der Waals surface area contributed by atoms with Gasteiger partial charge < -0.3 is 9.31 Å². The van der Waals surface area contributed by atoms with Gasteiger partial charge in [-0.1, -0.05) is 32.6 Å². The SMILES string of the molecule is CCCCC[C@@H]1C[C@H]1B1OC(C)(C)C(C)(C)O1. The Morgan fingerprint density at radius 1 is 1.06 bits per heavy atom. The molecule has 2 rings (SSSR count). The topological polar surface area (TPSA) is 18.5 Å². The summed E-state index contributed by atoms with van der Waals surface area (Å²) < 4.78 is 12.2. The van der Waals surface area contributed by atoms with E-state index in [9.17, 15) is 0 Å². The Balaban J connectivity index is 1.79. The first-order valence-electron chi connectivity index (χ1n) is 7.23. The largest absolute Gasteiger partial charge is 0.461 e. The Kier molecular flexibility index (Phi) is 3.62. The Morgan fingerprint density at radius 2 is 1.65 bits per heavy atom. The molecule has 3 heteroatoms. The van der Waals surface area contributed by atoms with Crippen LogP contribution in [0.5, 0.6) is 0 Å². The Bertz CT molecular complexity index is 259. The summed E-state index contributed by atoms with van der Waals surface area (Å²) in [5.74, 6) is 1.52. The van der Waals surface area contributed by atoms with Crippen LogP contribution in [-0.2, 0) is 9.31 Å². The fraction of sp³-hybridized carbons (Fsp3) is 1.00. The van der Waals surface area contributed by atoms with E-state index in [1.807, 2.05) is 0 Å². The van der Waals surface area contributed by atoms with Gasteiger partial charge in [-0.3, -0.25) is 0 Å². The smallest absolute Gasteiger partial charge is 0.403 e. The fourth-order valence-electron chi connectivity index (χ4n) is 2.66. The summed E-state index contributed by atoms with van der Waals surface area (Å²) >= 11 is 0. The first-order chi connectivity index (χ1) is 7.87. The molecule has 0 aromatic rings. The lowest BCUT2D eigenvalue weighted by Crippen LogP contribution is -2.41. The van der Waals surface area contributed by atoms with Crippen LogP contribution in [-0.4, -0.2) is 18.3 Å². The number of hydrogen-bond acceptors (Lipinski definition) is 2. The molecular weight excluding hydrogens is 211 g/mol. The molecule has 1 heterocycles. The van der Waals surface area contributed by atoms with Crippen molar-refractivity contribution in [2.45, 2.75) is 83.7 Å². The molecule has 0 unspecified atom stereocenters. The summed E-state index contributed by atoms with van der Waals surface area (Å²) in [4.78, 5) is 0. The van der Waals surface area contributed by atoms with Gasteiger partial charge in [-0.2, -0.15) is 0 Å². The second-order valence-corrected chi connectivity index (χ2v) is 6.78. The highest BCUT2D eigenvalue weighted by molar-refractivity contribution is 6.48. The van der Waals surface area contributed by atoms with Crippen molar-refractivity contribution in [3.63, 3.8) is 0 Å². The van der Waals surface area contributed by atoms with Gasteiger partial charge in [0.25, 0.3) is 0 Å². The van der Waals surface area contributed by atoms with Crippen LogP contribution >= 0.6 is 0 Å². The second-order valence-electron chi connectivity index (χ2n) is 6.78. The minimum absolute atomic E-state index is 0.0478. The zero-order valence-electron chi connectivity index (χ0n) is 12.1. The van der Waals surface area contributed by atoms with Gasteiger partial charge in [-0.05, 0) is 45.9 Å². The molecule has 0 aromatic carbocycles. The predicted molar refractivity (Wildman–Crippen MR) is 72.1 cm³/mol. The number of hydrogen-bond donors (Lipinski definition) is 0. The molecule has 1 saturated carbocycles. The van der Waals surface area contributed by atoms with E-state index in [2.05, 4.69) is 34.6 Å². The van der Waals surface area contributed by atoms with Gasteiger partial charge in [0.1, 0.15) is 0 Å². The monoisotopic (exact) mass is 238 g/mol. The molecule has 1 aliphatic carbocycles. The van der Waals surface area contributed by atoms with Crippen LogP contribution in [0.15, 0.2) is 0 Å². The van der Waals surface area contributed by atoms with Crippen LogP contribution in [0.1, 0.15) is 66.7 Å². The highest BCUT2D eigenvalue weighted by atomic mass is 16.7. The summed E-state index contributed by atoms with van der Waals surface area (Å²) in [6.07, 6.45) is 6.72. The zero-order valence-corrected chi connectivity index (χ0v) is 12.1. The molecule has 2 atom stereocenters. The van der Waals surface area contributed by atoms with Crippen LogP contribution in [0.25, 0.3) is 0 Å². The van der Waals surface area contributed by atoms with Crippen molar-refractivity contribution in [2.24, 2.45) is 5.92 Å². The fourth-order valence-corrected chi connectivity index (χ4v) is 2.66. The third-order valence-electron chi connectivity index (χ3n) is 4.78. The van der Waals surface area contributed by atoms with Crippen LogP contribution in [0.4, 0.5) is 0 Å². The molecule has 0 N–H and O–H groups in total. The molecular formula is C14H27BO2. The van der Waals surface area contributed by atoms with Gasteiger partial charge in [0.15, 0.2) is 0 Å². The van der Waals surface area contributed by atoms with Crippen LogP contribution in [0.3, 0.4) is 0 Å². The average Bonchev–Trinajstić information content (AvgIpc) is 2.91. The minimum Gasteiger partial charge on any atom is -0.403 e. The molecule has 17 heavy (non-hydrogen) atoms. The molecule has 1 saturated heterocycles. The molecule has 1 aliphatic heterocycles. The van der Waals surface area contributed by atoms with E-state index in [1.165, 1.54) is 32.1 Å². The third kappa shape index (κ3) is 2.71. The van der Waals surface area contributed by atoms with Crippen molar-refractivity contribution >= 4 is 7.12 Å². The Morgan fingerprint density at radius 3 is 2.18 bits per heavy atom. The first kappa shape index (κ1) is 13.4. The average molecular weight is 238 g/mol. The summed E-state index contributed by atoms with van der Waals surface area (Å²) in [5, 5.41) is 0. The molecule has 2 nitrogen and oxygen atoms in total. The Labute approximate surface area is 107 Å². The maximum atomic E-state index is 6.10. The summed E-state index contributed by atoms with van der Waals surface area (Å²) in [5.41, 5.74) is -0.317. The molecule has 2 aliphatic rings. The van der Waals surface area contributed by atoms with Gasteiger partial charge >= 0.3 is 7.12 Å². The zero-order chi connectivity index (χ0) is 12.7. The van der Waals surface area contributed by atoms with E-state index in [0.717, 1.165) is 5.92 Å². The van der Waals surface area contributed by atoms with Crippen molar-refractivity contribution in [3.8, 4) is 0 Å². The van der Waals surface area contributed by atoms with E-state index in [-0.39, 0.29) is 18.3 Å². The summed E-state index contributed by atoms with van der Waals surface area (Å²) in [7, 11) is 0.0478. The van der Waals surface area contributed by atoms with Crippen LogP contribution in [0, 0.1) is 5.92 Å². The van der Waals surface area contributed by atoms with Crippen LogP contribution in [0.2, 0.25) is 5.82 Å². The molecule has 0 spiro atoms. The lowest BCUT2D eigenvalue weighted by molar-refractivity contribution is 0.00578. The molecule has 0 aromatic heterocycles.